The molecule has 2 aliphatic heterocycles. The van der Waals surface area contributed by atoms with Crippen molar-refractivity contribution in [2.24, 2.45) is 0 Å². The van der Waals surface area contributed by atoms with Crippen LogP contribution in [0.5, 0.6) is 5.75 Å². The van der Waals surface area contributed by atoms with Crippen molar-refractivity contribution in [3.63, 3.8) is 0 Å². The average Bonchev–Trinajstić information content (AvgIpc) is 3.62. The van der Waals surface area contributed by atoms with Gasteiger partial charge in [-0.1, -0.05) is 42.8 Å². The first kappa shape index (κ1) is 25.1. The average molecular weight is 503 g/mol. The highest BCUT2D eigenvalue weighted by Gasteiger charge is 2.31. The zero-order chi connectivity index (χ0) is 25.8. The lowest BCUT2D eigenvalue weighted by molar-refractivity contribution is -0.132. The molecule has 0 aliphatic carbocycles. The monoisotopic (exact) mass is 502 g/mol. The minimum atomic E-state index is -0.253. The number of hydrogen-bond donors (Lipinski definition) is 1. The number of rotatable bonds is 8. The third-order valence-corrected chi connectivity index (χ3v) is 7.14. The zero-order valence-electron chi connectivity index (χ0n) is 21.5. The molecular formula is C30H34N2O5. The Kier molecular flexibility index (Phi) is 7.60. The molecule has 0 unspecified atom stereocenters. The molecule has 0 saturated carbocycles. The maximum atomic E-state index is 12.8. The summed E-state index contributed by atoms with van der Waals surface area (Å²) in [5, 5.41) is 2.87. The number of amides is 2. The maximum Gasteiger partial charge on any atom is 0.287 e. The van der Waals surface area contributed by atoms with Gasteiger partial charge in [-0.15, -0.1) is 0 Å². The molecule has 1 N–H and O–H groups in total. The molecule has 0 bridgehead atoms. The number of furan rings is 1. The van der Waals surface area contributed by atoms with Crippen molar-refractivity contribution in [3.8, 4) is 5.75 Å². The number of benzene rings is 2. The molecular weight excluding hydrogens is 468 g/mol. The van der Waals surface area contributed by atoms with E-state index in [0.717, 1.165) is 37.0 Å². The molecule has 1 saturated heterocycles. The van der Waals surface area contributed by atoms with Crippen LogP contribution < -0.4 is 10.1 Å². The van der Waals surface area contributed by atoms with Gasteiger partial charge in [0.25, 0.3) is 5.91 Å². The first-order valence-corrected chi connectivity index (χ1v) is 13.1. The van der Waals surface area contributed by atoms with Crippen LogP contribution in [0.25, 0.3) is 0 Å². The van der Waals surface area contributed by atoms with Gasteiger partial charge in [-0.2, -0.15) is 0 Å². The molecule has 5 rings (SSSR count). The Bertz CT molecular complexity index is 1240. The van der Waals surface area contributed by atoms with Crippen LogP contribution in [0.2, 0.25) is 0 Å². The van der Waals surface area contributed by atoms with E-state index in [0.29, 0.717) is 31.0 Å². The molecule has 7 nitrogen and oxygen atoms in total. The summed E-state index contributed by atoms with van der Waals surface area (Å²) in [6.07, 6.45) is 3.36. The van der Waals surface area contributed by atoms with E-state index in [2.05, 4.69) is 42.6 Å². The molecule has 1 fully saturated rings. The highest BCUT2D eigenvalue weighted by atomic mass is 16.5. The standard InChI is InChI=1S/C30H34N2O5/c1-3-28(33)32-15-14-21-10-11-23(17-26(21)29(32)22-8-6-20(2)7-9-22)36-19-25-12-13-27(37-25)30(34)31-18-24-5-4-16-35-24/h6-13,17,24,29H,3-5,14-16,18-19H2,1-2H3,(H,31,34)/t24-,29-/m0/s1. The largest absolute Gasteiger partial charge is 0.486 e. The van der Waals surface area contributed by atoms with Gasteiger partial charge in [0.1, 0.15) is 18.1 Å². The summed E-state index contributed by atoms with van der Waals surface area (Å²) in [5.41, 5.74) is 4.59. The second-order valence-electron chi connectivity index (χ2n) is 9.76. The van der Waals surface area contributed by atoms with Crippen molar-refractivity contribution in [1.29, 1.82) is 0 Å². The highest BCUT2D eigenvalue weighted by molar-refractivity contribution is 5.91. The van der Waals surface area contributed by atoms with Crippen molar-refractivity contribution in [1.82, 2.24) is 10.2 Å². The number of carbonyl (C=O) groups is 2. The normalized spacial score (nSPS) is 18.9. The van der Waals surface area contributed by atoms with Gasteiger partial charge in [0.15, 0.2) is 5.76 Å². The second kappa shape index (κ2) is 11.2. The lowest BCUT2D eigenvalue weighted by Gasteiger charge is -2.38. The van der Waals surface area contributed by atoms with Crippen LogP contribution >= 0.6 is 0 Å². The summed E-state index contributed by atoms with van der Waals surface area (Å²) in [6, 6.07) is 17.7. The summed E-state index contributed by atoms with van der Waals surface area (Å²) in [6.45, 7) is 6.11. The Morgan fingerprint density at radius 2 is 1.95 bits per heavy atom. The summed E-state index contributed by atoms with van der Waals surface area (Å²) < 4.78 is 17.3. The lowest BCUT2D eigenvalue weighted by atomic mass is 9.87. The van der Waals surface area contributed by atoms with E-state index in [9.17, 15) is 9.59 Å². The van der Waals surface area contributed by atoms with Gasteiger partial charge in [0.05, 0.1) is 12.1 Å². The summed E-state index contributed by atoms with van der Waals surface area (Å²) in [7, 11) is 0. The van der Waals surface area contributed by atoms with Crippen molar-refractivity contribution in [2.75, 3.05) is 19.7 Å². The van der Waals surface area contributed by atoms with E-state index in [1.165, 1.54) is 11.1 Å². The third-order valence-electron chi connectivity index (χ3n) is 7.14. The van der Waals surface area contributed by atoms with Gasteiger partial charge in [-0.3, -0.25) is 9.59 Å². The number of nitrogens with one attached hydrogen (secondary N) is 1. The molecule has 194 valence electrons. The Morgan fingerprint density at radius 1 is 1.11 bits per heavy atom. The number of aryl methyl sites for hydroxylation is 1. The molecule has 2 aliphatic rings. The van der Waals surface area contributed by atoms with Crippen molar-refractivity contribution < 1.29 is 23.5 Å². The fourth-order valence-corrected chi connectivity index (χ4v) is 5.09. The second-order valence-corrected chi connectivity index (χ2v) is 9.76. The predicted octanol–water partition coefficient (Wildman–Crippen LogP) is 4.96. The van der Waals surface area contributed by atoms with Gasteiger partial charge in [0, 0.05) is 26.1 Å². The van der Waals surface area contributed by atoms with E-state index >= 15 is 0 Å². The van der Waals surface area contributed by atoms with Crippen LogP contribution in [0.15, 0.2) is 59.0 Å². The molecule has 2 aromatic carbocycles. The number of fused-ring (bicyclic) bond motifs is 1. The van der Waals surface area contributed by atoms with Crippen LogP contribution in [0.3, 0.4) is 0 Å². The molecule has 2 amide bonds. The Morgan fingerprint density at radius 3 is 2.70 bits per heavy atom. The molecule has 37 heavy (non-hydrogen) atoms. The topological polar surface area (TPSA) is 81.0 Å². The summed E-state index contributed by atoms with van der Waals surface area (Å²) >= 11 is 0. The number of nitrogens with zero attached hydrogens (tertiary/aromatic N) is 1. The van der Waals surface area contributed by atoms with Crippen molar-refractivity contribution >= 4 is 11.8 Å². The van der Waals surface area contributed by atoms with Crippen molar-refractivity contribution in [3.05, 3.63) is 88.4 Å². The van der Waals surface area contributed by atoms with E-state index in [1.54, 1.807) is 12.1 Å². The minimum Gasteiger partial charge on any atom is -0.486 e. The Hall–Kier alpha value is -3.58. The zero-order valence-corrected chi connectivity index (χ0v) is 21.5. The highest BCUT2D eigenvalue weighted by Crippen LogP contribution is 2.37. The number of ether oxygens (including phenoxy) is 2. The van der Waals surface area contributed by atoms with Crippen molar-refractivity contribution in [2.45, 2.75) is 58.3 Å². The van der Waals surface area contributed by atoms with Gasteiger partial charge in [-0.05, 0) is 67.1 Å². The maximum absolute atomic E-state index is 12.8. The van der Waals surface area contributed by atoms with E-state index in [4.69, 9.17) is 13.9 Å². The number of carbonyl (C=O) groups excluding carboxylic acids is 2. The van der Waals surface area contributed by atoms with Gasteiger partial charge in [0.2, 0.25) is 5.91 Å². The Balaban J connectivity index is 1.29. The van der Waals surface area contributed by atoms with Gasteiger partial charge in [-0.25, -0.2) is 0 Å². The molecule has 0 spiro atoms. The molecule has 0 radical (unpaired) electrons. The number of hydrogen-bond acceptors (Lipinski definition) is 5. The minimum absolute atomic E-state index is 0.0815. The molecule has 2 atom stereocenters. The summed E-state index contributed by atoms with van der Waals surface area (Å²) in [4.78, 5) is 27.2. The fraction of sp³-hybridized carbons (Fsp3) is 0.400. The van der Waals surface area contributed by atoms with E-state index in [-0.39, 0.29) is 36.3 Å². The molecule has 3 aromatic rings. The van der Waals surface area contributed by atoms with E-state index < -0.39 is 0 Å². The van der Waals surface area contributed by atoms with Crippen LogP contribution in [0.4, 0.5) is 0 Å². The first-order chi connectivity index (χ1) is 18.0. The third kappa shape index (κ3) is 5.72. The SMILES string of the molecule is CCC(=O)N1CCc2ccc(OCc3ccc(C(=O)NC[C@@H]4CCCO4)o3)cc2[C@@H]1c1ccc(C)cc1. The van der Waals surface area contributed by atoms with Gasteiger partial charge >= 0.3 is 0 Å². The fourth-order valence-electron chi connectivity index (χ4n) is 5.09. The smallest absolute Gasteiger partial charge is 0.287 e. The van der Waals surface area contributed by atoms with E-state index in [1.807, 2.05) is 24.0 Å². The first-order valence-electron chi connectivity index (χ1n) is 13.1. The Labute approximate surface area is 217 Å². The lowest BCUT2D eigenvalue weighted by Crippen LogP contribution is -2.40. The quantitative estimate of drug-likeness (QED) is 0.471. The van der Waals surface area contributed by atoms with Crippen LogP contribution in [-0.2, 0) is 22.6 Å². The predicted molar refractivity (Wildman–Crippen MR) is 140 cm³/mol. The van der Waals surface area contributed by atoms with Crippen LogP contribution in [0.1, 0.15) is 70.8 Å². The molecule has 7 heteroatoms. The summed E-state index contributed by atoms with van der Waals surface area (Å²) in [5.74, 6) is 1.41. The van der Waals surface area contributed by atoms with Crippen LogP contribution in [0, 0.1) is 6.92 Å². The molecule has 1 aromatic heterocycles. The van der Waals surface area contributed by atoms with Gasteiger partial charge < -0.3 is 24.1 Å². The molecule has 3 heterocycles. The van der Waals surface area contributed by atoms with Crippen LogP contribution in [-0.4, -0.2) is 42.5 Å².